The normalized spacial score (nSPS) is 22.5. The van der Waals surface area contributed by atoms with Gasteiger partial charge in [0.25, 0.3) is 0 Å². The molecule has 184 valence electrons. The van der Waals surface area contributed by atoms with E-state index in [1.807, 2.05) is 12.4 Å². The van der Waals surface area contributed by atoms with Crippen LogP contribution in [0.3, 0.4) is 0 Å². The van der Waals surface area contributed by atoms with E-state index in [0.29, 0.717) is 17.4 Å². The molecule has 0 amide bonds. The van der Waals surface area contributed by atoms with Crippen LogP contribution < -0.4 is 15.8 Å². The lowest BCUT2D eigenvalue weighted by molar-refractivity contribution is 0.240. The van der Waals surface area contributed by atoms with Crippen molar-refractivity contribution in [2.45, 2.75) is 58.1 Å². The van der Waals surface area contributed by atoms with E-state index < -0.39 is 11.6 Å². The van der Waals surface area contributed by atoms with E-state index in [-0.39, 0.29) is 35.1 Å². The number of ether oxygens (including phenoxy) is 1. The Balaban J connectivity index is 1.45. The van der Waals surface area contributed by atoms with Gasteiger partial charge in [-0.2, -0.15) is 9.61 Å². The number of fused-ring (bicyclic) bond motifs is 1. The van der Waals surface area contributed by atoms with E-state index in [0.717, 1.165) is 37.8 Å². The Morgan fingerprint density at radius 1 is 1.17 bits per heavy atom. The first-order valence-electron chi connectivity index (χ1n) is 12.1. The van der Waals surface area contributed by atoms with E-state index in [1.165, 1.54) is 12.1 Å². The summed E-state index contributed by atoms with van der Waals surface area (Å²) >= 11 is 0. The van der Waals surface area contributed by atoms with Gasteiger partial charge in [0.2, 0.25) is 5.95 Å². The Bertz CT molecular complexity index is 1260. The van der Waals surface area contributed by atoms with Gasteiger partial charge in [-0.1, -0.05) is 6.42 Å². The fraction of sp³-hybridized carbons (Fsp3) is 0.423. The lowest BCUT2D eigenvalue weighted by Crippen LogP contribution is -2.34. The molecule has 1 aliphatic heterocycles. The van der Waals surface area contributed by atoms with Crippen molar-refractivity contribution < 1.29 is 13.5 Å². The molecule has 2 aromatic heterocycles. The first-order chi connectivity index (χ1) is 16.9. The molecule has 35 heavy (non-hydrogen) atoms. The number of imidazole rings is 1. The summed E-state index contributed by atoms with van der Waals surface area (Å²) in [7, 11) is 0. The van der Waals surface area contributed by atoms with Crippen molar-refractivity contribution >= 4 is 17.7 Å². The van der Waals surface area contributed by atoms with E-state index in [1.54, 1.807) is 36.7 Å². The first-order valence-corrected chi connectivity index (χ1v) is 12.1. The minimum atomic E-state index is -0.736. The van der Waals surface area contributed by atoms with Gasteiger partial charge >= 0.3 is 0 Å². The average Bonchev–Trinajstić information content (AvgIpc) is 3.21. The van der Waals surface area contributed by atoms with Crippen LogP contribution in [0.2, 0.25) is 0 Å². The Labute approximate surface area is 203 Å². The molecule has 3 heterocycles. The summed E-state index contributed by atoms with van der Waals surface area (Å²) in [6.07, 6.45) is 10.4. The number of benzene rings is 1. The van der Waals surface area contributed by atoms with Gasteiger partial charge in [0.1, 0.15) is 17.4 Å². The highest BCUT2D eigenvalue weighted by atomic mass is 19.1. The maximum absolute atomic E-state index is 14.9. The van der Waals surface area contributed by atoms with Gasteiger partial charge in [-0.05, 0) is 57.6 Å². The van der Waals surface area contributed by atoms with Crippen LogP contribution in [0.1, 0.15) is 46.0 Å². The molecule has 7 nitrogen and oxygen atoms in total. The maximum atomic E-state index is 14.9. The number of hydrogen-bond donors (Lipinski definition) is 2. The van der Waals surface area contributed by atoms with Crippen LogP contribution in [0.5, 0.6) is 5.75 Å². The van der Waals surface area contributed by atoms with E-state index in [9.17, 15) is 8.78 Å². The molecule has 1 fully saturated rings. The third-order valence-electron chi connectivity index (χ3n) is 6.69. The number of anilines is 1. The predicted octanol–water partition coefficient (Wildman–Crippen LogP) is 5.32. The Hall–Kier alpha value is -3.33. The molecule has 1 saturated carbocycles. The van der Waals surface area contributed by atoms with Crippen LogP contribution in [0.4, 0.5) is 14.7 Å². The molecule has 1 aliphatic carbocycles. The minimum Gasteiger partial charge on any atom is -0.491 e. The highest BCUT2D eigenvalue weighted by Crippen LogP contribution is 2.37. The summed E-state index contributed by atoms with van der Waals surface area (Å²) in [5, 5.41) is 7.91. The largest absolute Gasteiger partial charge is 0.491 e. The first kappa shape index (κ1) is 23.4. The third-order valence-corrected chi connectivity index (χ3v) is 6.69. The number of halogens is 2. The summed E-state index contributed by atoms with van der Waals surface area (Å²) in [5.74, 6) is -0.134. The zero-order chi connectivity index (χ0) is 24.5. The van der Waals surface area contributed by atoms with Crippen LogP contribution in [-0.2, 0) is 0 Å². The van der Waals surface area contributed by atoms with E-state index in [4.69, 9.17) is 10.5 Å². The quantitative estimate of drug-likeness (QED) is 0.498. The number of nitrogens with two attached hydrogens (primary N) is 1. The van der Waals surface area contributed by atoms with Crippen LogP contribution in [0, 0.1) is 23.5 Å². The number of aromatic nitrogens is 3. The molecular formula is C26H30F2N6O. The molecular weight excluding hydrogens is 450 g/mol. The van der Waals surface area contributed by atoms with Gasteiger partial charge in [-0.3, -0.25) is 4.99 Å². The lowest BCUT2D eigenvalue weighted by atomic mass is 9.75. The van der Waals surface area contributed by atoms with Crippen LogP contribution in [-0.4, -0.2) is 33.0 Å². The van der Waals surface area contributed by atoms with Gasteiger partial charge in [0.05, 0.1) is 29.1 Å². The van der Waals surface area contributed by atoms with Crippen molar-refractivity contribution in [3.05, 3.63) is 54.0 Å². The summed E-state index contributed by atoms with van der Waals surface area (Å²) < 4.78 is 36.8. The van der Waals surface area contributed by atoms with Crippen molar-refractivity contribution in [2.24, 2.45) is 22.6 Å². The van der Waals surface area contributed by atoms with Gasteiger partial charge < -0.3 is 15.8 Å². The second-order valence-electron chi connectivity index (χ2n) is 9.64. The number of rotatable bonds is 6. The number of allylic oxidation sites excluding steroid dienone is 1. The van der Waals surface area contributed by atoms with Gasteiger partial charge in [-0.25, -0.2) is 13.8 Å². The molecule has 0 radical (unpaired) electrons. The van der Waals surface area contributed by atoms with Crippen molar-refractivity contribution in [1.29, 1.82) is 0 Å². The molecule has 0 saturated heterocycles. The van der Waals surface area contributed by atoms with Crippen LogP contribution in [0.15, 0.2) is 47.4 Å². The Kier molecular flexibility index (Phi) is 6.51. The SMILES string of the molecule is CC(C)Oc1cc(F)c(-c2ccc3cnc(NC4=CN=CCC4C4CCCC(N)C4)n3n2)c(F)c1. The molecule has 0 bridgehead atoms. The number of aliphatic imine (C=N–C) groups is 1. The molecule has 5 rings (SSSR count). The van der Waals surface area contributed by atoms with Crippen molar-refractivity contribution in [2.75, 3.05) is 5.32 Å². The average molecular weight is 481 g/mol. The molecule has 3 N–H and O–H groups in total. The molecule has 3 unspecified atom stereocenters. The summed E-state index contributed by atoms with van der Waals surface area (Å²) in [5.41, 5.74) is 7.86. The van der Waals surface area contributed by atoms with Gasteiger partial charge in [-0.15, -0.1) is 0 Å². The van der Waals surface area contributed by atoms with Gasteiger partial charge in [0.15, 0.2) is 0 Å². The monoisotopic (exact) mass is 480 g/mol. The molecule has 0 spiro atoms. The highest BCUT2D eigenvalue weighted by molar-refractivity contribution is 5.65. The molecule has 3 aromatic rings. The standard InChI is InChI=1S/C26H30F2N6O/c1-15(2)35-19-11-21(27)25(22(28)12-19)23-7-6-18-13-31-26(34(18)33-23)32-24-14-30-9-8-20(24)16-4-3-5-17(29)10-16/h6-7,9,11-17,20H,3-5,8,10,29H2,1-2H3,(H,31,32). The molecule has 9 heteroatoms. The molecule has 2 aliphatic rings. The number of nitrogens with zero attached hydrogens (tertiary/aromatic N) is 4. The molecule has 3 atom stereocenters. The maximum Gasteiger partial charge on any atom is 0.228 e. The fourth-order valence-electron chi connectivity index (χ4n) is 5.10. The summed E-state index contributed by atoms with van der Waals surface area (Å²) in [6.45, 7) is 3.60. The molecule has 1 aromatic carbocycles. The van der Waals surface area contributed by atoms with Crippen LogP contribution in [0.25, 0.3) is 16.8 Å². The Morgan fingerprint density at radius 2 is 1.97 bits per heavy atom. The van der Waals surface area contributed by atoms with Crippen molar-refractivity contribution in [1.82, 2.24) is 14.6 Å². The summed E-state index contributed by atoms with van der Waals surface area (Å²) in [4.78, 5) is 8.83. The smallest absolute Gasteiger partial charge is 0.228 e. The zero-order valence-electron chi connectivity index (χ0n) is 19.9. The van der Waals surface area contributed by atoms with E-state index in [2.05, 4.69) is 20.4 Å². The van der Waals surface area contributed by atoms with Gasteiger partial charge in [0, 0.05) is 42.2 Å². The second kappa shape index (κ2) is 9.73. The number of nitrogens with one attached hydrogen (secondary N) is 1. The topological polar surface area (TPSA) is 89.8 Å². The van der Waals surface area contributed by atoms with E-state index >= 15 is 0 Å². The van der Waals surface area contributed by atoms with Crippen molar-refractivity contribution in [3.8, 4) is 17.0 Å². The second-order valence-corrected chi connectivity index (χ2v) is 9.64. The Morgan fingerprint density at radius 3 is 2.71 bits per heavy atom. The van der Waals surface area contributed by atoms with Crippen molar-refractivity contribution in [3.63, 3.8) is 0 Å². The minimum absolute atomic E-state index is 0.142. The lowest BCUT2D eigenvalue weighted by Gasteiger charge is -2.34. The predicted molar refractivity (Wildman–Crippen MR) is 132 cm³/mol. The summed E-state index contributed by atoms with van der Waals surface area (Å²) in [6, 6.07) is 5.92. The fourth-order valence-corrected chi connectivity index (χ4v) is 5.10. The zero-order valence-corrected chi connectivity index (χ0v) is 19.9. The van der Waals surface area contributed by atoms with Crippen LogP contribution >= 0.6 is 0 Å². The third kappa shape index (κ3) is 4.91. The number of hydrogen-bond acceptors (Lipinski definition) is 6. The highest BCUT2D eigenvalue weighted by Gasteiger charge is 2.30.